The van der Waals surface area contributed by atoms with Crippen molar-refractivity contribution in [3.8, 4) is 0 Å². The number of carbonyl (C=O) groups is 1. The number of aryl methyl sites for hydroxylation is 1. The molecule has 0 radical (unpaired) electrons. The molecule has 27 heavy (non-hydrogen) atoms. The van der Waals surface area contributed by atoms with Crippen LogP contribution in [0.4, 0.5) is 0 Å². The molecular weight excluding hydrogens is 366 g/mol. The molecule has 1 saturated heterocycles. The molecule has 1 amide bonds. The van der Waals surface area contributed by atoms with Gasteiger partial charge in [-0.15, -0.1) is 0 Å². The summed E-state index contributed by atoms with van der Waals surface area (Å²) in [6, 6.07) is 8.69. The summed E-state index contributed by atoms with van der Waals surface area (Å²) in [4.78, 5) is 14.4. The molecule has 0 bridgehead atoms. The Morgan fingerprint density at radius 1 is 1.15 bits per heavy atom. The number of amides is 1. The minimum absolute atomic E-state index is 0.167. The molecule has 0 atom stereocenters. The number of furan rings is 1. The van der Waals surface area contributed by atoms with E-state index in [4.69, 9.17) is 10.2 Å². The summed E-state index contributed by atoms with van der Waals surface area (Å²) >= 11 is 0. The van der Waals surface area contributed by atoms with Gasteiger partial charge in [-0.05, 0) is 30.2 Å². The van der Waals surface area contributed by atoms with Crippen LogP contribution < -0.4 is 5.73 Å². The lowest BCUT2D eigenvalue weighted by Crippen LogP contribution is -2.50. The molecule has 0 unspecified atom stereocenters. The molecule has 1 aromatic carbocycles. The van der Waals surface area contributed by atoms with Crippen molar-refractivity contribution < 1.29 is 17.6 Å². The zero-order chi connectivity index (χ0) is 19.4. The highest BCUT2D eigenvalue weighted by Crippen LogP contribution is 2.20. The van der Waals surface area contributed by atoms with Crippen LogP contribution in [-0.4, -0.2) is 49.7 Å². The van der Waals surface area contributed by atoms with Gasteiger partial charge in [0.15, 0.2) is 0 Å². The molecule has 2 aromatic rings. The average Bonchev–Trinajstić information content (AvgIpc) is 3.17. The van der Waals surface area contributed by atoms with Gasteiger partial charge >= 0.3 is 0 Å². The Morgan fingerprint density at radius 3 is 2.37 bits per heavy atom. The van der Waals surface area contributed by atoms with Crippen molar-refractivity contribution in [2.45, 2.75) is 31.2 Å². The fraction of sp³-hybridized carbons (Fsp3) is 0.421. The van der Waals surface area contributed by atoms with Gasteiger partial charge < -0.3 is 15.1 Å². The highest BCUT2D eigenvalue weighted by molar-refractivity contribution is 7.89. The highest BCUT2D eigenvalue weighted by atomic mass is 32.2. The van der Waals surface area contributed by atoms with Crippen LogP contribution in [0.25, 0.3) is 0 Å². The lowest BCUT2D eigenvalue weighted by Gasteiger charge is -2.33. The molecule has 0 aliphatic carbocycles. The Balaban J connectivity index is 1.64. The van der Waals surface area contributed by atoms with E-state index in [1.54, 1.807) is 23.1 Å². The van der Waals surface area contributed by atoms with E-state index >= 15 is 0 Å². The van der Waals surface area contributed by atoms with Gasteiger partial charge in [-0.1, -0.05) is 25.5 Å². The maximum atomic E-state index is 12.8. The number of carbonyl (C=O) groups excluding carboxylic acids is 1. The molecule has 7 nitrogen and oxygen atoms in total. The van der Waals surface area contributed by atoms with Crippen molar-refractivity contribution >= 4 is 15.9 Å². The molecule has 8 heteroatoms. The van der Waals surface area contributed by atoms with Gasteiger partial charge in [-0.25, -0.2) is 8.42 Å². The SMILES string of the molecule is CCCc1ccc(S(=O)(=O)N2CCN(C(=O)c3coc(CN)c3)CC2)cc1. The average molecular weight is 391 g/mol. The van der Waals surface area contributed by atoms with Gasteiger partial charge in [0, 0.05) is 26.2 Å². The van der Waals surface area contributed by atoms with E-state index in [0.717, 1.165) is 18.4 Å². The van der Waals surface area contributed by atoms with Gasteiger partial charge in [-0.2, -0.15) is 4.31 Å². The molecule has 1 fully saturated rings. The number of nitrogens with zero attached hydrogens (tertiary/aromatic N) is 2. The van der Waals surface area contributed by atoms with E-state index in [1.165, 1.54) is 10.6 Å². The zero-order valence-electron chi connectivity index (χ0n) is 15.4. The second-order valence-corrected chi connectivity index (χ2v) is 8.53. The van der Waals surface area contributed by atoms with E-state index in [9.17, 15) is 13.2 Å². The molecule has 1 aromatic heterocycles. The second kappa shape index (κ2) is 8.24. The predicted molar refractivity (Wildman–Crippen MR) is 102 cm³/mol. The first-order chi connectivity index (χ1) is 13.0. The van der Waals surface area contributed by atoms with Crippen molar-refractivity contribution in [1.29, 1.82) is 0 Å². The van der Waals surface area contributed by atoms with E-state index in [-0.39, 0.29) is 25.5 Å². The maximum Gasteiger partial charge on any atom is 0.257 e. The summed E-state index contributed by atoms with van der Waals surface area (Å²) in [5, 5.41) is 0. The Hall–Kier alpha value is -2.16. The molecule has 3 rings (SSSR count). The van der Waals surface area contributed by atoms with Crippen molar-refractivity contribution in [3.63, 3.8) is 0 Å². The van der Waals surface area contributed by atoms with Gasteiger partial charge in [0.05, 0.1) is 17.0 Å². The van der Waals surface area contributed by atoms with Crippen LogP contribution in [-0.2, 0) is 23.0 Å². The van der Waals surface area contributed by atoms with Crippen molar-refractivity contribution in [3.05, 3.63) is 53.5 Å². The van der Waals surface area contributed by atoms with E-state index in [1.807, 2.05) is 12.1 Å². The standard InChI is InChI=1S/C19H25N3O4S/c1-2-3-15-4-6-18(7-5-15)27(24,25)22-10-8-21(9-11-22)19(23)16-12-17(13-20)26-14-16/h4-7,12,14H,2-3,8-11,13,20H2,1H3. The third-order valence-electron chi connectivity index (χ3n) is 4.73. The molecule has 0 spiro atoms. The fourth-order valence-electron chi connectivity index (χ4n) is 3.18. The summed E-state index contributed by atoms with van der Waals surface area (Å²) in [6.07, 6.45) is 3.35. The second-order valence-electron chi connectivity index (χ2n) is 6.60. The first-order valence-electron chi connectivity index (χ1n) is 9.11. The van der Waals surface area contributed by atoms with Crippen molar-refractivity contribution in [2.75, 3.05) is 26.2 Å². The molecule has 2 heterocycles. The normalized spacial score (nSPS) is 15.9. The predicted octanol–water partition coefficient (Wildman–Crippen LogP) is 1.84. The Morgan fingerprint density at radius 2 is 1.81 bits per heavy atom. The monoisotopic (exact) mass is 391 g/mol. The maximum absolute atomic E-state index is 12.8. The summed E-state index contributed by atoms with van der Waals surface area (Å²) < 4.78 is 32.3. The minimum Gasteiger partial charge on any atom is -0.467 e. The van der Waals surface area contributed by atoms with E-state index in [2.05, 4.69) is 6.92 Å². The lowest BCUT2D eigenvalue weighted by atomic mass is 10.1. The number of rotatable bonds is 6. The van der Waals surface area contributed by atoms with Crippen molar-refractivity contribution in [2.24, 2.45) is 5.73 Å². The summed E-state index contributed by atoms with van der Waals surface area (Å²) in [5.74, 6) is 0.380. The molecule has 2 N–H and O–H groups in total. The van der Waals surface area contributed by atoms with Crippen LogP contribution in [0.3, 0.4) is 0 Å². The number of piperazine rings is 1. The van der Waals surface area contributed by atoms with Crippen LogP contribution in [0.15, 0.2) is 45.9 Å². The highest BCUT2D eigenvalue weighted by Gasteiger charge is 2.30. The minimum atomic E-state index is -3.55. The summed E-state index contributed by atoms with van der Waals surface area (Å²) in [6.45, 7) is 3.55. The molecule has 146 valence electrons. The van der Waals surface area contributed by atoms with Crippen LogP contribution in [0, 0.1) is 0 Å². The lowest BCUT2D eigenvalue weighted by molar-refractivity contribution is 0.0697. The molecular formula is C19H25N3O4S. The van der Waals surface area contributed by atoms with Crippen LogP contribution >= 0.6 is 0 Å². The number of sulfonamides is 1. The van der Waals surface area contributed by atoms with E-state index < -0.39 is 10.0 Å². The summed E-state index contributed by atoms with van der Waals surface area (Å²) in [7, 11) is -3.55. The fourth-order valence-corrected chi connectivity index (χ4v) is 4.60. The van der Waals surface area contributed by atoms with E-state index in [0.29, 0.717) is 29.3 Å². The number of hydrogen-bond donors (Lipinski definition) is 1. The Kier molecular flexibility index (Phi) is 5.98. The van der Waals surface area contributed by atoms with Crippen LogP contribution in [0.2, 0.25) is 0 Å². The quantitative estimate of drug-likeness (QED) is 0.810. The van der Waals surface area contributed by atoms with Gasteiger partial charge in [-0.3, -0.25) is 4.79 Å². The van der Waals surface area contributed by atoms with Crippen LogP contribution in [0.5, 0.6) is 0 Å². The topological polar surface area (TPSA) is 96.9 Å². The number of hydrogen-bond acceptors (Lipinski definition) is 5. The van der Waals surface area contributed by atoms with Crippen LogP contribution in [0.1, 0.15) is 35.0 Å². The molecule has 1 aliphatic heterocycles. The van der Waals surface area contributed by atoms with Gasteiger partial charge in [0.2, 0.25) is 10.0 Å². The zero-order valence-corrected chi connectivity index (χ0v) is 16.2. The third-order valence-corrected chi connectivity index (χ3v) is 6.64. The third kappa shape index (κ3) is 4.23. The van der Waals surface area contributed by atoms with Gasteiger partial charge in [0.1, 0.15) is 12.0 Å². The Labute approximate surface area is 159 Å². The first-order valence-corrected chi connectivity index (χ1v) is 10.6. The molecule has 0 saturated carbocycles. The van der Waals surface area contributed by atoms with Crippen molar-refractivity contribution in [1.82, 2.24) is 9.21 Å². The smallest absolute Gasteiger partial charge is 0.257 e. The number of benzene rings is 1. The number of nitrogens with two attached hydrogens (primary N) is 1. The molecule has 1 aliphatic rings. The largest absolute Gasteiger partial charge is 0.467 e. The first kappa shape index (κ1) is 19.6. The Bertz CT molecular complexity index is 882. The summed E-state index contributed by atoms with van der Waals surface area (Å²) in [5.41, 5.74) is 7.07. The van der Waals surface area contributed by atoms with Gasteiger partial charge in [0.25, 0.3) is 5.91 Å².